The third-order valence-corrected chi connectivity index (χ3v) is 3.19. The van der Waals surface area contributed by atoms with Crippen LogP contribution in [0.4, 0.5) is 0 Å². The minimum Gasteiger partial charge on any atom is -0.480 e. The zero-order chi connectivity index (χ0) is 11.5. The number of carboxylic acid groups (broad SMARTS) is 1. The summed E-state index contributed by atoms with van der Waals surface area (Å²) in [7, 11) is 1.57. The fourth-order valence-electron chi connectivity index (χ4n) is 2.28. The average Bonchev–Trinajstić information content (AvgIpc) is 2.16. The highest BCUT2D eigenvalue weighted by molar-refractivity contribution is 5.85. The van der Waals surface area contributed by atoms with Crippen molar-refractivity contribution in [2.24, 2.45) is 5.41 Å². The predicted molar refractivity (Wildman–Crippen MR) is 56.5 cm³/mol. The molecular weight excluding hydrogens is 194 g/mol. The summed E-state index contributed by atoms with van der Waals surface area (Å²) in [6, 6.07) is 0. The number of aliphatic carboxylic acids is 1. The van der Waals surface area contributed by atoms with Gasteiger partial charge < -0.3 is 10.0 Å². The lowest BCUT2D eigenvalue weighted by Gasteiger charge is -2.35. The lowest BCUT2D eigenvalue weighted by Crippen LogP contribution is -2.43. The van der Waals surface area contributed by atoms with E-state index >= 15 is 0 Å². The average molecular weight is 213 g/mol. The van der Waals surface area contributed by atoms with E-state index < -0.39 is 5.97 Å². The first kappa shape index (κ1) is 12.0. The number of hydrogen-bond donors (Lipinski definition) is 1. The second-order valence-electron chi connectivity index (χ2n) is 4.68. The molecule has 4 nitrogen and oxygen atoms in total. The Balaban J connectivity index is 2.61. The number of rotatable bonds is 3. The second-order valence-corrected chi connectivity index (χ2v) is 4.68. The maximum atomic E-state index is 12.0. The molecule has 0 aliphatic heterocycles. The first-order valence-electron chi connectivity index (χ1n) is 5.43. The van der Waals surface area contributed by atoms with Crippen molar-refractivity contribution in [1.29, 1.82) is 0 Å². The summed E-state index contributed by atoms with van der Waals surface area (Å²) in [6.45, 7) is 1.75. The quantitative estimate of drug-likeness (QED) is 0.773. The Morgan fingerprint density at radius 2 is 1.80 bits per heavy atom. The molecule has 0 saturated heterocycles. The summed E-state index contributed by atoms with van der Waals surface area (Å²) >= 11 is 0. The van der Waals surface area contributed by atoms with Gasteiger partial charge in [0.1, 0.15) is 6.54 Å². The second kappa shape index (κ2) is 4.64. The van der Waals surface area contributed by atoms with Gasteiger partial charge in [-0.15, -0.1) is 0 Å². The third-order valence-electron chi connectivity index (χ3n) is 3.19. The molecule has 1 fully saturated rings. The minimum atomic E-state index is -0.953. The van der Waals surface area contributed by atoms with Crippen LogP contribution in [-0.2, 0) is 9.59 Å². The van der Waals surface area contributed by atoms with Crippen molar-refractivity contribution in [2.45, 2.75) is 39.0 Å². The maximum Gasteiger partial charge on any atom is 0.323 e. The highest BCUT2D eigenvalue weighted by Gasteiger charge is 2.36. The molecule has 0 aromatic carbocycles. The molecule has 0 aromatic heterocycles. The highest BCUT2D eigenvalue weighted by Crippen LogP contribution is 2.37. The monoisotopic (exact) mass is 213 g/mol. The molecular formula is C11H19NO3. The summed E-state index contributed by atoms with van der Waals surface area (Å²) in [5.41, 5.74) is -0.331. The van der Waals surface area contributed by atoms with E-state index in [1.807, 2.05) is 6.92 Å². The van der Waals surface area contributed by atoms with Gasteiger partial charge in [-0.2, -0.15) is 0 Å². The van der Waals surface area contributed by atoms with E-state index in [1.54, 1.807) is 7.05 Å². The van der Waals surface area contributed by atoms with Crippen molar-refractivity contribution >= 4 is 11.9 Å². The molecule has 1 rings (SSSR count). The van der Waals surface area contributed by atoms with E-state index in [-0.39, 0.29) is 17.9 Å². The fraction of sp³-hybridized carbons (Fsp3) is 0.818. The lowest BCUT2D eigenvalue weighted by atomic mass is 9.75. The highest BCUT2D eigenvalue weighted by atomic mass is 16.4. The summed E-state index contributed by atoms with van der Waals surface area (Å²) in [4.78, 5) is 23.9. The number of carbonyl (C=O) groups is 2. The van der Waals surface area contributed by atoms with Gasteiger partial charge in [0.2, 0.25) is 5.91 Å². The normalized spacial score (nSPS) is 19.6. The van der Waals surface area contributed by atoms with Crippen molar-refractivity contribution in [3.8, 4) is 0 Å². The van der Waals surface area contributed by atoms with Gasteiger partial charge in [0, 0.05) is 12.5 Å². The van der Waals surface area contributed by atoms with Crippen LogP contribution in [0.15, 0.2) is 0 Å². The molecule has 0 heterocycles. The molecule has 0 atom stereocenters. The van der Waals surface area contributed by atoms with Crippen molar-refractivity contribution in [1.82, 2.24) is 4.90 Å². The van der Waals surface area contributed by atoms with Gasteiger partial charge in [0.05, 0.1) is 0 Å². The number of nitrogens with zero attached hydrogens (tertiary/aromatic N) is 1. The van der Waals surface area contributed by atoms with Crippen molar-refractivity contribution in [3.63, 3.8) is 0 Å². The van der Waals surface area contributed by atoms with E-state index in [1.165, 1.54) is 11.3 Å². The van der Waals surface area contributed by atoms with Crippen LogP contribution in [0.2, 0.25) is 0 Å². The summed E-state index contributed by atoms with van der Waals surface area (Å²) < 4.78 is 0. The van der Waals surface area contributed by atoms with Crippen LogP contribution in [0.3, 0.4) is 0 Å². The Labute approximate surface area is 90.3 Å². The van der Waals surface area contributed by atoms with Crippen LogP contribution in [0.25, 0.3) is 0 Å². The third kappa shape index (κ3) is 2.94. The Hall–Kier alpha value is -1.06. The van der Waals surface area contributed by atoms with Crippen LogP contribution in [0.5, 0.6) is 0 Å². The van der Waals surface area contributed by atoms with Crippen LogP contribution in [0, 0.1) is 5.41 Å². The van der Waals surface area contributed by atoms with Crippen molar-refractivity contribution in [2.75, 3.05) is 13.6 Å². The smallest absolute Gasteiger partial charge is 0.323 e. The summed E-state index contributed by atoms with van der Waals surface area (Å²) in [5, 5.41) is 8.62. The molecule has 1 N–H and O–H groups in total. The fourth-order valence-corrected chi connectivity index (χ4v) is 2.28. The van der Waals surface area contributed by atoms with Crippen LogP contribution >= 0.6 is 0 Å². The van der Waals surface area contributed by atoms with Gasteiger partial charge in [0.25, 0.3) is 0 Å². The Morgan fingerprint density at radius 3 is 2.27 bits per heavy atom. The van der Waals surface area contributed by atoms with Gasteiger partial charge in [-0.1, -0.05) is 26.2 Å². The largest absolute Gasteiger partial charge is 0.480 e. The maximum absolute atomic E-state index is 12.0. The molecule has 1 saturated carbocycles. The predicted octanol–water partition coefficient (Wildman–Crippen LogP) is 1.50. The molecule has 0 radical (unpaired) electrons. The number of carboxylic acids is 1. The molecule has 1 amide bonds. The van der Waals surface area contributed by atoms with E-state index in [0.29, 0.717) is 0 Å². The SMILES string of the molecule is CN(CC(=O)O)C(=O)C1(C)CCCCC1. The molecule has 1 aliphatic carbocycles. The number of hydrogen-bond acceptors (Lipinski definition) is 2. The topological polar surface area (TPSA) is 57.6 Å². The zero-order valence-corrected chi connectivity index (χ0v) is 9.45. The van der Waals surface area contributed by atoms with Gasteiger partial charge in [-0.05, 0) is 12.8 Å². The summed E-state index contributed by atoms with van der Waals surface area (Å²) in [5.74, 6) is -0.977. The Kier molecular flexibility index (Phi) is 3.72. The van der Waals surface area contributed by atoms with Gasteiger partial charge >= 0.3 is 5.97 Å². The molecule has 15 heavy (non-hydrogen) atoms. The zero-order valence-electron chi connectivity index (χ0n) is 9.45. The van der Waals surface area contributed by atoms with E-state index in [4.69, 9.17) is 5.11 Å². The van der Waals surface area contributed by atoms with Crippen LogP contribution in [-0.4, -0.2) is 35.5 Å². The van der Waals surface area contributed by atoms with Crippen LogP contribution < -0.4 is 0 Å². The minimum absolute atomic E-state index is 0.0235. The molecule has 0 bridgehead atoms. The Bertz CT molecular complexity index is 257. The Morgan fingerprint density at radius 1 is 1.27 bits per heavy atom. The summed E-state index contributed by atoms with van der Waals surface area (Å²) in [6.07, 6.45) is 5.10. The van der Waals surface area contributed by atoms with Gasteiger partial charge in [-0.3, -0.25) is 9.59 Å². The van der Waals surface area contributed by atoms with E-state index in [2.05, 4.69) is 0 Å². The number of amides is 1. The van der Waals surface area contributed by atoms with Crippen molar-refractivity contribution in [3.05, 3.63) is 0 Å². The molecule has 0 unspecified atom stereocenters. The van der Waals surface area contributed by atoms with Gasteiger partial charge in [0.15, 0.2) is 0 Å². The molecule has 1 aliphatic rings. The number of likely N-dealkylation sites (N-methyl/N-ethyl adjacent to an activating group) is 1. The van der Waals surface area contributed by atoms with E-state index in [0.717, 1.165) is 25.7 Å². The first-order valence-corrected chi connectivity index (χ1v) is 5.43. The number of carbonyl (C=O) groups excluding carboxylic acids is 1. The first-order chi connectivity index (χ1) is 6.96. The molecule has 4 heteroatoms. The molecule has 0 aromatic rings. The standard InChI is InChI=1S/C11H19NO3/c1-11(6-4-3-5-7-11)10(15)12(2)8-9(13)14/h3-8H2,1-2H3,(H,13,14). The molecule has 86 valence electrons. The van der Waals surface area contributed by atoms with E-state index in [9.17, 15) is 9.59 Å². The van der Waals surface area contributed by atoms with Crippen molar-refractivity contribution < 1.29 is 14.7 Å². The van der Waals surface area contributed by atoms with Crippen LogP contribution in [0.1, 0.15) is 39.0 Å². The lowest BCUT2D eigenvalue weighted by molar-refractivity contribution is -0.149. The molecule has 0 spiro atoms. The van der Waals surface area contributed by atoms with Gasteiger partial charge in [-0.25, -0.2) is 0 Å².